The second-order valence-corrected chi connectivity index (χ2v) is 6.49. The summed E-state index contributed by atoms with van der Waals surface area (Å²) in [6, 6.07) is 12.3. The fourth-order valence-electron chi connectivity index (χ4n) is 2.04. The van der Waals surface area contributed by atoms with Crippen LogP contribution in [-0.4, -0.2) is 16.2 Å². The van der Waals surface area contributed by atoms with Crippen LogP contribution in [0.25, 0.3) is 6.08 Å². The molecule has 0 spiro atoms. The fourth-order valence-corrected chi connectivity index (χ4v) is 3.00. The second-order valence-electron chi connectivity index (χ2n) is 5.02. The molecule has 0 saturated carbocycles. The number of hydrogen-bond acceptors (Lipinski definition) is 4. The third-order valence-corrected chi connectivity index (χ3v) is 4.34. The van der Waals surface area contributed by atoms with Gasteiger partial charge in [-0.2, -0.15) is 0 Å². The Hall–Kier alpha value is -2.24. The Morgan fingerprint density at radius 1 is 1.22 bits per heavy atom. The van der Waals surface area contributed by atoms with E-state index in [0.29, 0.717) is 26.3 Å². The molecule has 116 valence electrons. The topological polar surface area (TPSA) is 61.7 Å². The van der Waals surface area contributed by atoms with E-state index in [1.165, 1.54) is 11.8 Å². The van der Waals surface area contributed by atoms with E-state index < -0.39 is 0 Å². The first kappa shape index (κ1) is 15.6. The number of phenolic OH excluding ortho intramolecular Hbond substituents is 1. The van der Waals surface area contributed by atoms with Crippen molar-refractivity contribution in [3.8, 4) is 5.75 Å². The lowest BCUT2D eigenvalue weighted by atomic mass is 10.1. The van der Waals surface area contributed by atoms with E-state index in [0.717, 1.165) is 5.56 Å². The molecule has 0 bridgehead atoms. The molecule has 3 rings (SSSR count). The van der Waals surface area contributed by atoms with Gasteiger partial charge in [0.1, 0.15) is 5.75 Å². The molecule has 1 fully saturated rings. The molecule has 0 aromatic heterocycles. The highest BCUT2D eigenvalue weighted by Gasteiger charge is 2.24. The van der Waals surface area contributed by atoms with Crippen molar-refractivity contribution in [1.82, 2.24) is 5.32 Å². The zero-order valence-corrected chi connectivity index (χ0v) is 13.8. The SMILES string of the molecule is Cc1ccc(O)c(/C=C2/SC(=Nc3ccc(Cl)cc3)NC2=O)c1. The van der Waals surface area contributed by atoms with Crippen LogP contribution in [0.4, 0.5) is 5.69 Å². The summed E-state index contributed by atoms with van der Waals surface area (Å²) in [6.07, 6.45) is 1.66. The number of nitrogens with zero attached hydrogens (tertiary/aromatic N) is 1. The first-order valence-corrected chi connectivity index (χ1v) is 8.05. The molecule has 1 aliphatic heterocycles. The van der Waals surface area contributed by atoms with Crippen LogP contribution in [0.15, 0.2) is 52.4 Å². The molecule has 1 heterocycles. The van der Waals surface area contributed by atoms with Gasteiger partial charge in [-0.15, -0.1) is 0 Å². The van der Waals surface area contributed by atoms with E-state index in [2.05, 4.69) is 10.3 Å². The first-order valence-electron chi connectivity index (χ1n) is 6.86. The molecule has 1 saturated heterocycles. The van der Waals surface area contributed by atoms with Gasteiger partial charge in [-0.3, -0.25) is 4.79 Å². The van der Waals surface area contributed by atoms with Gasteiger partial charge >= 0.3 is 0 Å². The molecular weight excluding hydrogens is 332 g/mol. The maximum atomic E-state index is 12.0. The minimum absolute atomic E-state index is 0.139. The zero-order valence-electron chi connectivity index (χ0n) is 12.2. The number of rotatable bonds is 2. The summed E-state index contributed by atoms with van der Waals surface area (Å²) in [6.45, 7) is 1.93. The van der Waals surface area contributed by atoms with Crippen LogP contribution in [0.5, 0.6) is 5.75 Å². The van der Waals surface area contributed by atoms with Crippen LogP contribution in [0.1, 0.15) is 11.1 Å². The van der Waals surface area contributed by atoms with Crippen molar-refractivity contribution in [2.45, 2.75) is 6.92 Å². The minimum Gasteiger partial charge on any atom is -0.507 e. The minimum atomic E-state index is -0.233. The van der Waals surface area contributed by atoms with Gasteiger partial charge in [-0.05, 0) is 61.2 Å². The molecule has 2 N–H and O–H groups in total. The maximum Gasteiger partial charge on any atom is 0.264 e. The van der Waals surface area contributed by atoms with E-state index in [4.69, 9.17) is 11.6 Å². The highest BCUT2D eigenvalue weighted by Crippen LogP contribution is 2.30. The Balaban J connectivity index is 1.86. The first-order chi connectivity index (χ1) is 11.0. The van der Waals surface area contributed by atoms with Crippen LogP contribution in [0.2, 0.25) is 5.02 Å². The summed E-state index contributed by atoms with van der Waals surface area (Å²) in [4.78, 5) is 16.9. The highest BCUT2D eigenvalue weighted by molar-refractivity contribution is 8.18. The number of benzene rings is 2. The average molecular weight is 345 g/mol. The molecule has 1 aliphatic rings. The molecule has 0 aliphatic carbocycles. The normalized spacial score (nSPS) is 17.7. The summed E-state index contributed by atoms with van der Waals surface area (Å²) < 4.78 is 0. The second kappa shape index (κ2) is 6.48. The molecule has 6 heteroatoms. The third kappa shape index (κ3) is 3.75. The van der Waals surface area contributed by atoms with E-state index in [1.807, 2.05) is 19.1 Å². The summed E-state index contributed by atoms with van der Waals surface area (Å²) in [5.74, 6) is -0.0943. The predicted octanol–water partition coefficient (Wildman–Crippen LogP) is 4.25. The summed E-state index contributed by atoms with van der Waals surface area (Å²) in [5, 5.41) is 13.7. The Morgan fingerprint density at radius 2 is 1.96 bits per heavy atom. The molecular formula is C17H13ClN2O2S. The predicted molar refractivity (Wildman–Crippen MR) is 95.1 cm³/mol. The fraction of sp³-hybridized carbons (Fsp3) is 0.0588. The number of carbonyl (C=O) groups is 1. The van der Waals surface area contributed by atoms with Crippen molar-refractivity contribution in [2.24, 2.45) is 4.99 Å². The molecule has 23 heavy (non-hydrogen) atoms. The Bertz CT molecular complexity index is 829. The van der Waals surface area contributed by atoms with Gasteiger partial charge in [-0.1, -0.05) is 23.2 Å². The van der Waals surface area contributed by atoms with Crippen LogP contribution < -0.4 is 5.32 Å². The van der Waals surface area contributed by atoms with Gasteiger partial charge < -0.3 is 10.4 Å². The van der Waals surface area contributed by atoms with E-state index in [9.17, 15) is 9.90 Å². The molecule has 0 unspecified atom stereocenters. The molecule has 2 aromatic carbocycles. The number of thioether (sulfide) groups is 1. The lowest BCUT2D eigenvalue weighted by Crippen LogP contribution is -2.19. The third-order valence-electron chi connectivity index (χ3n) is 3.18. The van der Waals surface area contributed by atoms with Gasteiger partial charge in [0.05, 0.1) is 10.6 Å². The van der Waals surface area contributed by atoms with Crippen molar-refractivity contribution >= 4 is 46.2 Å². The van der Waals surface area contributed by atoms with Crippen LogP contribution in [-0.2, 0) is 4.79 Å². The molecule has 4 nitrogen and oxygen atoms in total. The van der Waals surface area contributed by atoms with E-state index in [1.54, 1.807) is 36.4 Å². The Labute approximate surface area is 142 Å². The van der Waals surface area contributed by atoms with Crippen molar-refractivity contribution in [3.63, 3.8) is 0 Å². The number of aliphatic imine (C=N–C) groups is 1. The smallest absolute Gasteiger partial charge is 0.264 e. The van der Waals surface area contributed by atoms with E-state index >= 15 is 0 Å². The number of phenols is 1. The van der Waals surface area contributed by atoms with Gasteiger partial charge in [-0.25, -0.2) is 4.99 Å². The molecule has 0 atom stereocenters. The van der Waals surface area contributed by atoms with Crippen LogP contribution in [0, 0.1) is 6.92 Å². The number of aryl methyl sites for hydroxylation is 1. The number of halogens is 1. The lowest BCUT2D eigenvalue weighted by molar-refractivity contribution is -0.115. The van der Waals surface area contributed by atoms with Gasteiger partial charge in [0.15, 0.2) is 5.17 Å². The molecule has 2 aromatic rings. The van der Waals surface area contributed by atoms with Gasteiger partial charge in [0, 0.05) is 10.6 Å². The number of carbonyl (C=O) groups excluding carboxylic acids is 1. The summed E-state index contributed by atoms with van der Waals surface area (Å²) >= 11 is 7.07. The number of hydrogen-bond donors (Lipinski definition) is 2. The van der Waals surface area contributed by atoms with Crippen molar-refractivity contribution < 1.29 is 9.90 Å². The number of aromatic hydroxyl groups is 1. The van der Waals surface area contributed by atoms with Gasteiger partial charge in [0.25, 0.3) is 5.91 Å². The summed E-state index contributed by atoms with van der Waals surface area (Å²) in [5.41, 5.74) is 2.32. The quantitative estimate of drug-likeness (QED) is 0.801. The maximum absolute atomic E-state index is 12.0. The molecule has 0 radical (unpaired) electrons. The summed E-state index contributed by atoms with van der Waals surface area (Å²) in [7, 11) is 0. The molecule has 1 amide bonds. The largest absolute Gasteiger partial charge is 0.507 e. The Morgan fingerprint density at radius 3 is 2.70 bits per heavy atom. The lowest BCUT2D eigenvalue weighted by Gasteiger charge is -2.01. The average Bonchev–Trinajstić information content (AvgIpc) is 2.85. The van der Waals surface area contributed by atoms with Crippen LogP contribution >= 0.6 is 23.4 Å². The van der Waals surface area contributed by atoms with Crippen molar-refractivity contribution in [1.29, 1.82) is 0 Å². The van der Waals surface area contributed by atoms with Crippen molar-refractivity contribution in [2.75, 3.05) is 0 Å². The number of amides is 1. The van der Waals surface area contributed by atoms with Crippen LogP contribution in [0.3, 0.4) is 0 Å². The zero-order chi connectivity index (χ0) is 16.4. The number of amidine groups is 1. The highest BCUT2D eigenvalue weighted by atomic mass is 35.5. The van der Waals surface area contributed by atoms with Gasteiger partial charge in [0.2, 0.25) is 0 Å². The van der Waals surface area contributed by atoms with E-state index in [-0.39, 0.29) is 11.7 Å². The number of nitrogens with one attached hydrogen (secondary N) is 1. The standard InChI is InChI=1S/C17H13ClN2O2S/c1-10-2-7-14(21)11(8-10)9-15-16(22)20-17(23-15)19-13-5-3-12(18)4-6-13/h2-9,21H,1H3,(H,19,20,22)/b15-9+. The Kier molecular flexibility index (Phi) is 4.41. The van der Waals surface area contributed by atoms with Crippen molar-refractivity contribution in [3.05, 3.63) is 63.5 Å². The monoisotopic (exact) mass is 344 g/mol.